The number of rotatable bonds is 5. The molecule has 0 aliphatic rings. The second-order valence-corrected chi connectivity index (χ2v) is 7.57. The topological polar surface area (TPSA) is 113 Å². The van der Waals surface area contributed by atoms with Crippen molar-refractivity contribution in [3.05, 3.63) is 92.5 Å². The number of nitro benzene ring substituents is 1. The summed E-state index contributed by atoms with van der Waals surface area (Å²) in [6, 6.07) is 18.9. The predicted molar refractivity (Wildman–Crippen MR) is 118 cm³/mol. The van der Waals surface area contributed by atoms with Crippen LogP contribution in [0.1, 0.15) is 16.3 Å². The summed E-state index contributed by atoms with van der Waals surface area (Å²) in [6.45, 7) is 2.00. The summed E-state index contributed by atoms with van der Waals surface area (Å²) in [5.41, 5.74) is 3.36. The molecule has 7 nitrogen and oxygen atoms in total. The average Bonchev–Trinajstić information content (AvgIpc) is 3.45. The Balaban J connectivity index is 1.65. The van der Waals surface area contributed by atoms with Crippen molar-refractivity contribution in [3.63, 3.8) is 0 Å². The molecule has 0 spiro atoms. The molecule has 2 heterocycles. The third-order valence-electron chi connectivity index (χ3n) is 4.62. The summed E-state index contributed by atoms with van der Waals surface area (Å²) in [6.07, 6.45) is 0. The highest BCUT2D eigenvalue weighted by molar-refractivity contribution is 7.11. The van der Waals surface area contributed by atoms with E-state index in [1.54, 1.807) is 18.2 Å². The number of hydrogen-bond donors (Lipinski definition) is 1. The van der Waals surface area contributed by atoms with Crippen molar-refractivity contribution in [1.29, 1.82) is 5.26 Å². The van der Waals surface area contributed by atoms with Crippen LogP contribution in [0.25, 0.3) is 33.9 Å². The molecule has 2 aromatic heterocycles. The number of benzene rings is 2. The fourth-order valence-electron chi connectivity index (χ4n) is 2.94. The lowest BCUT2D eigenvalue weighted by Gasteiger charge is -2.00. The van der Waals surface area contributed by atoms with Gasteiger partial charge in [-0.05, 0) is 31.2 Å². The van der Waals surface area contributed by atoms with E-state index in [9.17, 15) is 20.5 Å². The third kappa shape index (κ3) is 4.08. The lowest BCUT2D eigenvalue weighted by atomic mass is 10.1. The van der Waals surface area contributed by atoms with Gasteiger partial charge in [-0.1, -0.05) is 29.8 Å². The van der Waals surface area contributed by atoms with Gasteiger partial charge >= 0.3 is 0 Å². The molecule has 8 heteroatoms. The zero-order valence-electron chi connectivity index (χ0n) is 16.3. The largest absolute Gasteiger partial charge is 0.503 e. The van der Waals surface area contributed by atoms with Gasteiger partial charge in [0.05, 0.1) is 10.6 Å². The van der Waals surface area contributed by atoms with Gasteiger partial charge in [-0.25, -0.2) is 4.98 Å². The molecule has 0 atom stereocenters. The molecule has 0 aliphatic heterocycles. The molecule has 0 unspecified atom stereocenters. The number of furan rings is 1. The molecule has 4 rings (SSSR count). The molecule has 1 N–H and O–H groups in total. The van der Waals surface area contributed by atoms with Crippen LogP contribution < -0.4 is 0 Å². The van der Waals surface area contributed by atoms with Crippen molar-refractivity contribution >= 4 is 28.4 Å². The number of nitrogens with zero attached hydrogens (tertiary/aromatic N) is 3. The van der Waals surface area contributed by atoms with Gasteiger partial charge in [-0.3, -0.25) is 10.1 Å². The zero-order valence-corrected chi connectivity index (χ0v) is 17.1. The van der Waals surface area contributed by atoms with Gasteiger partial charge < -0.3 is 9.52 Å². The average molecular weight is 429 g/mol. The Morgan fingerprint density at radius 3 is 2.42 bits per heavy atom. The number of hydrogen-bond acceptors (Lipinski definition) is 7. The van der Waals surface area contributed by atoms with E-state index in [0.29, 0.717) is 22.0 Å². The van der Waals surface area contributed by atoms with Gasteiger partial charge in [-0.2, -0.15) is 5.26 Å². The Morgan fingerprint density at radius 2 is 1.77 bits per heavy atom. The Bertz CT molecular complexity index is 1330. The summed E-state index contributed by atoms with van der Waals surface area (Å²) < 4.78 is 5.69. The van der Waals surface area contributed by atoms with Crippen LogP contribution in [0.15, 0.2) is 70.5 Å². The number of non-ortho nitro benzene ring substituents is 1. The second kappa shape index (κ2) is 8.26. The molecular weight excluding hydrogens is 414 g/mol. The van der Waals surface area contributed by atoms with Gasteiger partial charge in [-0.15, -0.1) is 11.3 Å². The quantitative estimate of drug-likeness (QED) is 0.174. The van der Waals surface area contributed by atoms with Gasteiger partial charge in [0.25, 0.3) is 5.69 Å². The standard InChI is InChI=1S/C23H15N3O4S/c1-14-2-4-15(5-3-14)19-13-31-23(25-19)18(12-24)22(27)21-11-10-20(30-21)16-6-8-17(9-7-16)26(28)29/h2-11,13,27H,1H3/b22-18-. The number of nitriles is 1. The lowest BCUT2D eigenvalue weighted by Crippen LogP contribution is -1.89. The first-order chi connectivity index (χ1) is 15.0. The number of aliphatic hydroxyl groups is 1. The monoisotopic (exact) mass is 429 g/mol. The highest BCUT2D eigenvalue weighted by Gasteiger charge is 2.18. The van der Waals surface area contributed by atoms with Crippen molar-refractivity contribution in [3.8, 4) is 28.7 Å². The minimum absolute atomic E-state index is 0.00737. The van der Waals surface area contributed by atoms with Crippen molar-refractivity contribution < 1.29 is 14.4 Å². The molecule has 152 valence electrons. The summed E-state index contributed by atoms with van der Waals surface area (Å²) in [5.74, 6) is 0.200. The number of thiazole rings is 1. The number of aromatic nitrogens is 1. The van der Waals surface area contributed by atoms with Crippen molar-refractivity contribution in [2.75, 3.05) is 0 Å². The maximum Gasteiger partial charge on any atom is 0.269 e. The smallest absolute Gasteiger partial charge is 0.269 e. The Morgan fingerprint density at radius 1 is 1.10 bits per heavy atom. The molecule has 31 heavy (non-hydrogen) atoms. The number of aryl methyl sites for hydroxylation is 1. The van der Waals surface area contributed by atoms with E-state index in [1.807, 2.05) is 42.6 Å². The third-order valence-corrected chi connectivity index (χ3v) is 5.48. The first-order valence-corrected chi connectivity index (χ1v) is 10.1. The maximum absolute atomic E-state index is 10.8. The Labute approximate surface area is 181 Å². The van der Waals surface area contributed by atoms with Crippen LogP contribution in [-0.2, 0) is 0 Å². The fraction of sp³-hybridized carbons (Fsp3) is 0.0435. The first-order valence-electron chi connectivity index (χ1n) is 9.17. The van der Waals surface area contributed by atoms with Gasteiger partial charge in [0, 0.05) is 28.6 Å². The van der Waals surface area contributed by atoms with Gasteiger partial charge in [0.15, 0.2) is 11.5 Å². The van der Waals surface area contributed by atoms with Crippen LogP contribution >= 0.6 is 11.3 Å². The van der Waals surface area contributed by atoms with E-state index in [0.717, 1.165) is 11.1 Å². The van der Waals surface area contributed by atoms with Crippen LogP contribution in [-0.4, -0.2) is 15.0 Å². The normalized spacial score (nSPS) is 11.6. The molecule has 0 fully saturated rings. The van der Waals surface area contributed by atoms with E-state index in [4.69, 9.17) is 4.42 Å². The summed E-state index contributed by atoms with van der Waals surface area (Å²) in [7, 11) is 0. The highest BCUT2D eigenvalue weighted by Crippen LogP contribution is 2.32. The van der Waals surface area contributed by atoms with Crippen LogP contribution in [0.5, 0.6) is 0 Å². The van der Waals surface area contributed by atoms with Crippen LogP contribution in [0.2, 0.25) is 0 Å². The van der Waals surface area contributed by atoms with Crippen LogP contribution in [0, 0.1) is 28.4 Å². The fourth-order valence-corrected chi connectivity index (χ4v) is 3.76. The molecular formula is C23H15N3O4S. The van der Waals surface area contributed by atoms with E-state index in [2.05, 4.69) is 4.98 Å². The minimum atomic E-state index is -0.482. The summed E-state index contributed by atoms with van der Waals surface area (Å²) >= 11 is 1.25. The van der Waals surface area contributed by atoms with E-state index < -0.39 is 4.92 Å². The minimum Gasteiger partial charge on any atom is -0.503 e. The van der Waals surface area contributed by atoms with Gasteiger partial charge in [0.2, 0.25) is 0 Å². The number of nitro groups is 1. The zero-order chi connectivity index (χ0) is 22.0. The van der Waals surface area contributed by atoms with E-state index >= 15 is 0 Å². The van der Waals surface area contributed by atoms with Crippen molar-refractivity contribution in [2.24, 2.45) is 0 Å². The van der Waals surface area contributed by atoms with Crippen molar-refractivity contribution in [1.82, 2.24) is 4.98 Å². The van der Waals surface area contributed by atoms with E-state index in [-0.39, 0.29) is 22.8 Å². The molecule has 0 bridgehead atoms. The molecule has 0 saturated heterocycles. The first kappa shape index (κ1) is 20.1. The summed E-state index contributed by atoms with van der Waals surface area (Å²) in [4.78, 5) is 14.8. The molecule has 0 aliphatic carbocycles. The molecule has 0 radical (unpaired) electrons. The molecule has 0 amide bonds. The SMILES string of the molecule is Cc1ccc(-c2csc(/C(C#N)=C(\O)c3ccc(-c4ccc([N+](=O)[O-])cc4)o3)n2)cc1. The number of aliphatic hydroxyl groups excluding tert-OH is 1. The maximum atomic E-state index is 10.8. The predicted octanol–water partition coefficient (Wildman–Crippen LogP) is 6.24. The Hall–Kier alpha value is -4.22. The van der Waals surface area contributed by atoms with Crippen molar-refractivity contribution in [2.45, 2.75) is 6.92 Å². The lowest BCUT2D eigenvalue weighted by molar-refractivity contribution is -0.384. The van der Waals surface area contributed by atoms with Crippen LogP contribution in [0.4, 0.5) is 5.69 Å². The number of allylic oxidation sites excluding steroid dienone is 1. The molecule has 2 aromatic carbocycles. The molecule has 4 aromatic rings. The molecule has 0 saturated carbocycles. The van der Waals surface area contributed by atoms with E-state index in [1.165, 1.54) is 29.5 Å². The summed E-state index contributed by atoms with van der Waals surface area (Å²) in [5, 5.41) is 33.3. The Kier molecular flexibility index (Phi) is 5.35. The van der Waals surface area contributed by atoms with Gasteiger partial charge in [0.1, 0.15) is 22.4 Å². The highest BCUT2D eigenvalue weighted by atomic mass is 32.1. The van der Waals surface area contributed by atoms with Crippen LogP contribution in [0.3, 0.4) is 0 Å². The second-order valence-electron chi connectivity index (χ2n) is 6.71.